The summed E-state index contributed by atoms with van der Waals surface area (Å²) in [4.78, 5) is 12.1. The Kier molecular flexibility index (Phi) is 2.32. The van der Waals surface area contributed by atoms with Gasteiger partial charge >= 0.3 is 0 Å². The molecular weight excluding hydrogens is 268 g/mol. The van der Waals surface area contributed by atoms with Gasteiger partial charge in [0.05, 0.1) is 11.6 Å². The Morgan fingerprint density at radius 3 is 2.94 bits per heavy atom. The largest absolute Gasteiger partial charge is 0.274 e. The van der Waals surface area contributed by atoms with Crippen LogP contribution in [0, 0.1) is 5.92 Å². The lowest BCUT2D eigenvalue weighted by Crippen LogP contribution is -2.23. The lowest BCUT2D eigenvalue weighted by atomic mass is 10.2. The zero-order valence-corrected chi connectivity index (χ0v) is 10.3. The summed E-state index contributed by atoms with van der Waals surface area (Å²) in [6.45, 7) is 0.765. The maximum absolute atomic E-state index is 12.1. The van der Waals surface area contributed by atoms with E-state index in [1.165, 1.54) is 12.8 Å². The Balaban J connectivity index is 2.19. The lowest BCUT2D eigenvalue weighted by molar-refractivity contribution is 0.538. The number of rotatable bonds is 2. The van der Waals surface area contributed by atoms with E-state index >= 15 is 0 Å². The standard InChI is InChI=1S/C12H11BrN2O/c13-11-3-1-2-9-10(11)6-14-15(12(9)16)7-8-4-5-8/h1-3,6,8H,4-5,7H2. The van der Waals surface area contributed by atoms with Gasteiger partial charge in [-0.2, -0.15) is 5.10 Å². The van der Waals surface area contributed by atoms with Crippen molar-refractivity contribution in [2.75, 3.05) is 0 Å². The van der Waals surface area contributed by atoms with E-state index in [9.17, 15) is 4.79 Å². The molecular formula is C12H11BrN2O. The molecule has 2 aromatic rings. The van der Waals surface area contributed by atoms with Crippen molar-refractivity contribution in [2.24, 2.45) is 5.92 Å². The third-order valence-corrected chi connectivity index (χ3v) is 3.66. The summed E-state index contributed by atoms with van der Waals surface area (Å²) in [5.41, 5.74) is 0.0192. The van der Waals surface area contributed by atoms with Crippen molar-refractivity contribution in [3.8, 4) is 0 Å². The zero-order valence-electron chi connectivity index (χ0n) is 8.69. The first kappa shape index (κ1) is 10.0. The number of halogens is 1. The molecule has 0 radical (unpaired) electrons. The predicted octanol–water partition coefficient (Wildman–Crippen LogP) is 2.57. The van der Waals surface area contributed by atoms with E-state index in [1.54, 1.807) is 10.9 Å². The summed E-state index contributed by atoms with van der Waals surface area (Å²) >= 11 is 3.43. The molecule has 1 aromatic carbocycles. The average Bonchev–Trinajstić information content (AvgIpc) is 3.07. The normalized spacial score (nSPS) is 15.6. The Morgan fingerprint density at radius 1 is 1.38 bits per heavy atom. The third-order valence-electron chi connectivity index (χ3n) is 2.97. The van der Waals surface area contributed by atoms with Gasteiger partial charge < -0.3 is 0 Å². The van der Waals surface area contributed by atoms with Crippen molar-refractivity contribution < 1.29 is 0 Å². The summed E-state index contributed by atoms with van der Waals surface area (Å²) in [6.07, 6.45) is 4.22. The summed E-state index contributed by atoms with van der Waals surface area (Å²) in [6, 6.07) is 5.66. The van der Waals surface area contributed by atoms with Gasteiger partial charge in [-0.1, -0.05) is 22.0 Å². The molecule has 1 aromatic heterocycles. The van der Waals surface area contributed by atoms with Crippen molar-refractivity contribution in [1.29, 1.82) is 0 Å². The molecule has 82 valence electrons. The van der Waals surface area contributed by atoms with Crippen LogP contribution in [0.4, 0.5) is 0 Å². The van der Waals surface area contributed by atoms with Crippen molar-refractivity contribution in [1.82, 2.24) is 9.78 Å². The van der Waals surface area contributed by atoms with Gasteiger partial charge in [-0.25, -0.2) is 4.68 Å². The van der Waals surface area contributed by atoms with Crippen LogP contribution in [0.25, 0.3) is 10.8 Å². The van der Waals surface area contributed by atoms with Gasteiger partial charge in [0.1, 0.15) is 0 Å². The highest BCUT2D eigenvalue weighted by molar-refractivity contribution is 9.10. The van der Waals surface area contributed by atoms with E-state index in [1.807, 2.05) is 18.2 Å². The van der Waals surface area contributed by atoms with Crippen molar-refractivity contribution in [3.63, 3.8) is 0 Å². The first-order chi connectivity index (χ1) is 7.75. The fourth-order valence-electron chi connectivity index (χ4n) is 1.85. The van der Waals surface area contributed by atoms with Crippen molar-refractivity contribution in [3.05, 3.63) is 39.2 Å². The molecule has 0 N–H and O–H groups in total. The number of nitrogens with zero attached hydrogens (tertiary/aromatic N) is 2. The molecule has 1 saturated carbocycles. The monoisotopic (exact) mass is 278 g/mol. The Hall–Kier alpha value is -1.16. The number of benzene rings is 1. The molecule has 1 fully saturated rings. The molecule has 0 amide bonds. The highest BCUT2D eigenvalue weighted by atomic mass is 79.9. The molecule has 0 aliphatic heterocycles. The zero-order chi connectivity index (χ0) is 11.1. The number of hydrogen-bond acceptors (Lipinski definition) is 2. The predicted molar refractivity (Wildman–Crippen MR) is 66.4 cm³/mol. The summed E-state index contributed by atoms with van der Waals surface area (Å²) in [5.74, 6) is 0.662. The molecule has 3 rings (SSSR count). The Labute approximate surface area is 101 Å². The van der Waals surface area contributed by atoms with Gasteiger partial charge in [0.2, 0.25) is 0 Å². The summed E-state index contributed by atoms with van der Waals surface area (Å²) in [5, 5.41) is 5.85. The van der Waals surface area contributed by atoms with E-state index in [0.717, 1.165) is 21.8 Å². The molecule has 3 nitrogen and oxygen atoms in total. The van der Waals surface area contributed by atoms with Crippen LogP contribution in [0.5, 0.6) is 0 Å². The molecule has 1 heterocycles. The van der Waals surface area contributed by atoms with Gasteiger partial charge in [0, 0.05) is 16.4 Å². The Morgan fingerprint density at radius 2 is 2.19 bits per heavy atom. The van der Waals surface area contributed by atoms with E-state index in [2.05, 4.69) is 21.0 Å². The van der Waals surface area contributed by atoms with Crippen LogP contribution < -0.4 is 5.56 Å². The molecule has 0 spiro atoms. The number of hydrogen-bond donors (Lipinski definition) is 0. The van der Waals surface area contributed by atoms with Gasteiger partial charge in [0.15, 0.2) is 0 Å². The first-order valence-electron chi connectivity index (χ1n) is 5.40. The van der Waals surface area contributed by atoms with Crippen LogP contribution in [0.3, 0.4) is 0 Å². The van der Waals surface area contributed by atoms with Crippen LogP contribution in [0.2, 0.25) is 0 Å². The third kappa shape index (κ3) is 1.67. The van der Waals surface area contributed by atoms with Crippen LogP contribution in [-0.4, -0.2) is 9.78 Å². The second-order valence-corrected chi connectivity index (χ2v) is 5.13. The second kappa shape index (κ2) is 3.70. The van der Waals surface area contributed by atoms with Crippen LogP contribution in [0.15, 0.2) is 33.7 Å². The van der Waals surface area contributed by atoms with Crippen LogP contribution in [0.1, 0.15) is 12.8 Å². The van der Waals surface area contributed by atoms with Gasteiger partial charge in [0.25, 0.3) is 5.56 Å². The number of fused-ring (bicyclic) bond motifs is 1. The second-order valence-electron chi connectivity index (χ2n) is 4.28. The van der Waals surface area contributed by atoms with Crippen LogP contribution in [-0.2, 0) is 6.54 Å². The van der Waals surface area contributed by atoms with Gasteiger partial charge in [-0.05, 0) is 30.9 Å². The van der Waals surface area contributed by atoms with Crippen LogP contribution >= 0.6 is 15.9 Å². The SMILES string of the molecule is O=c1c2cccc(Br)c2cnn1CC1CC1. The smallest absolute Gasteiger partial charge is 0.267 e. The maximum Gasteiger partial charge on any atom is 0.274 e. The lowest BCUT2D eigenvalue weighted by Gasteiger charge is -2.05. The first-order valence-corrected chi connectivity index (χ1v) is 6.19. The van der Waals surface area contributed by atoms with Crippen molar-refractivity contribution in [2.45, 2.75) is 19.4 Å². The molecule has 4 heteroatoms. The molecule has 1 aliphatic carbocycles. The van der Waals surface area contributed by atoms with Gasteiger partial charge in [-0.3, -0.25) is 4.79 Å². The quantitative estimate of drug-likeness (QED) is 0.846. The van der Waals surface area contributed by atoms with Gasteiger partial charge in [-0.15, -0.1) is 0 Å². The minimum atomic E-state index is 0.0192. The maximum atomic E-state index is 12.1. The fourth-order valence-corrected chi connectivity index (χ4v) is 2.32. The van der Waals surface area contributed by atoms with Crippen molar-refractivity contribution >= 4 is 26.7 Å². The number of aromatic nitrogens is 2. The summed E-state index contributed by atoms with van der Waals surface area (Å²) < 4.78 is 2.51. The molecule has 0 atom stereocenters. The minimum absolute atomic E-state index is 0.0192. The van der Waals surface area contributed by atoms with E-state index in [-0.39, 0.29) is 5.56 Å². The highest BCUT2D eigenvalue weighted by Gasteiger charge is 2.22. The molecule has 0 saturated heterocycles. The minimum Gasteiger partial charge on any atom is -0.267 e. The molecule has 1 aliphatic rings. The van der Waals surface area contributed by atoms with E-state index in [4.69, 9.17) is 0 Å². The molecule has 16 heavy (non-hydrogen) atoms. The van der Waals surface area contributed by atoms with E-state index in [0.29, 0.717) is 5.92 Å². The van der Waals surface area contributed by atoms with E-state index < -0.39 is 0 Å². The Bertz CT molecular complexity index is 601. The topological polar surface area (TPSA) is 34.9 Å². The highest BCUT2D eigenvalue weighted by Crippen LogP contribution is 2.30. The average molecular weight is 279 g/mol. The summed E-state index contributed by atoms with van der Waals surface area (Å²) in [7, 11) is 0. The molecule has 0 bridgehead atoms. The molecule has 0 unspecified atom stereocenters. The fraction of sp³-hybridized carbons (Fsp3) is 0.333.